The molecule has 7 rings (SSSR count). The number of carbonyl (C=O) groups excluding carboxylic acids is 4. The summed E-state index contributed by atoms with van der Waals surface area (Å²) in [5, 5.41) is 14.3. The van der Waals surface area contributed by atoms with Crippen LogP contribution in [0.2, 0.25) is 0 Å². The number of aromatic nitrogens is 9. The van der Waals surface area contributed by atoms with Crippen molar-refractivity contribution in [1.29, 1.82) is 0 Å². The molecule has 0 bridgehead atoms. The second-order valence-corrected chi connectivity index (χ2v) is 14.2. The Balaban J connectivity index is 1.26. The van der Waals surface area contributed by atoms with Gasteiger partial charge >= 0.3 is 0 Å². The molecule has 0 aliphatic heterocycles. The lowest BCUT2D eigenvalue weighted by Crippen LogP contribution is -2.20. The Hall–Kier alpha value is -8.23. The van der Waals surface area contributed by atoms with Crippen molar-refractivity contribution in [3.05, 3.63) is 107 Å². The standard InChI is InChI=1S/C42H46N14O7/c1-6-28-36(63-24(4)47-28)40(60)51-42-49-30-18-26(38(45)58)20-33(62-15-11-10-12-53-22-27(43)21-46-53)35(30)55(42)14-9-8-13-54-34-29(17-25(37(44)57)19-32(34)61-5)48-41(54)50-39(59)31-16-23(3)52-56(31)7-2/h8-11,16-22H,6-7,12-15,43H2,1-5H3,(H2,44,57)(H2,45,58)(H,48,50,59)(H,49,51,60)/b9-8+,11-10+. The summed E-state index contributed by atoms with van der Waals surface area (Å²) < 4.78 is 24.3. The Kier molecular flexibility index (Phi) is 12.4. The van der Waals surface area contributed by atoms with Crippen LogP contribution in [-0.4, -0.2) is 81.0 Å². The third-order valence-corrected chi connectivity index (χ3v) is 9.82. The zero-order chi connectivity index (χ0) is 44.9. The van der Waals surface area contributed by atoms with Gasteiger partial charge in [-0.3, -0.25) is 39.2 Å². The number of primary amides is 2. The van der Waals surface area contributed by atoms with Gasteiger partial charge in [0.15, 0.2) is 5.89 Å². The minimum atomic E-state index is -0.707. The van der Waals surface area contributed by atoms with Gasteiger partial charge in [0.2, 0.25) is 29.5 Å². The van der Waals surface area contributed by atoms with E-state index in [2.05, 4.69) is 30.8 Å². The van der Waals surface area contributed by atoms with Gasteiger partial charge in [0, 0.05) is 43.9 Å². The average molecular weight is 859 g/mol. The molecule has 0 saturated heterocycles. The van der Waals surface area contributed by atoms with E-state index in [-0.39, 0.29) is 54.2 Å². The maximum atomic E-state index is 13.7. The van der Waals surface area contributed by atoms with Crippen molar-refractivity contribution in [2.24, 2.45) is 11.5 Å². The number of oxazole rings is 1. The molecule has 5 heterocycles. The first-order valence-corrected chi connectivity index (χ1v) is 19.8. The summed E-state index contributed by atoms with van der Waals surface area (Å²) in [6, 6.07) is 7.73. The molecule has 0 unspecified atom stereocenters. The number of imidazole rings is 2. The zero-order valence-electron chi connectivity index (χ0n) is 35.2. The molecule has 0 saturated carbocycles. The summed E-state index contributed by atoms with van der Waals surface area (Å²) in [5.74, 6) is -1.22. The highest BCUT2D eigenvalue weighted by Crippen LogP contribution is 2.33. The van der Waals surface area contributed by atoms with Gasteiger partial charge in [-0.25, -0.2) is 15.0 Å². The van der Waals surface area contributed by atoms with Crippen molar-refractivity contribution in [1.82, 2.24) is 43.6 Å². The number of aryl methyl sites for hydroxylation is 4. The molecule has 326 valence electrons. The number of amides is 4. The van der Waals surface area contributed by atoms with Crippen molar-refractivity contribution < 1.29 is 33.1 Å². The largest absolute Gasteiger partial charge is 0.494 e. The second-order valence-electron chi connectivity index (χ2n) is 14.2. The smallest absolute Gasteiger partial charge is 0.295 e. The molecule has 21 heteroatoms. The number of nitrogens with zero attached hydrogens (tertiary/aromatic N) is 9. The van der Waals surface area contributed by atoms with Crippen molar-refractivity contribution >= 4 is 63.3 Å². The Morgan fingerprint density at radius 2 is 1.40 bits per heavy atom. The number of anilines is 3. The molecule has 0 spiro atoms. The molecule has 21 nitrogen and oxygen atoms in total. The molecule has 63 heavy (non-hydrogen) atoms. The highest BCUT2D eigenvalue weighted by atomic mass is 16.5. The predicted octanol–water partition coefficient (Wildman–Crippen LogP) is 4.15. The number of hydrogen-bond acceptors (Lipinski definition) is 13. The third-order valence-electron chi connectivity index (χ3n) is 9.82. The fourth-order valence-corrected chi connectivity index (χ4v) is 6.96. The van der Waals surface area contributed by atoms with Gasteiger partial charge in [-0.15, -0.1) is 0 Å². The summed E-state index contributed by atoms with van der Waals surface area (Å²) in [7, 11) is 1.45. The minimum Gasteiger partial charge on any atom is -0.494 e. The molecule has 0 atom stereocenters. The van der Waals surface area contributed by atoms with E-state index in [0.29, 0.717) is 76.0 Å². The molecule has 0 fully saturated rings. The summed E-state index contributed by atoms with van der Waals surface area (Å²) >= 11 is 0. The third kappa shape index (κ3) is 9.11. The number of ether oxygens (including phenoxy) is 2. The van der Waals surface area contributed by atoms with Crippen LogP contribution in [0.4, 0.5) is 17.6 Å². The summed E-state index contributed by atoms with van der Waals surface area (Å²) in [6.07, 6.45) is 10.9. The SMILES string of the molecule is CCc1nc(C)oc1C(=O)Nc1nc2cc(C(N)=O)cc(OC/C=C/Cn3cc(N)cn3)c2n1C/C=C/Cn1c(NC(=O)c2cc(C)nn2CC)nc2cc(C(N)=O)cc(OC)c21. The van der Waals surface area contributed by atoms with Crippen LogP contribution in [0.25, 0.3) is 22.1 Å². The lowest BCUT2D eigenvalue weighted by atomic mass is 10.1. The number of benzene rings is 2. The number of carbonyl (C=O) groups is 4. The number of nitrogens with one attached hydrogen (secondary N) is 2. The average Bonchev–Trinajstić information content (AvgIpc) is 4.09. The van der Waals surface area contributed by atoms with Crippen molar-refractivity contribution in [2.75, 3.05) is 30.1 Å². The second kappa shape index (κ2) is 18.2. The Morgan fingerprint density at radius 3 is 1.97 bits per heavy atom. The topological polar surface area (TPSA) is 286 Å². The van der Waals surface area contributed by atoms with E-state index >= 15 is 0 Å². The van der Waals surface area contributed by atoms with Crippen LogP contribution in [0.3, 0.4) is 0 Å². The maximum Gasteiger partial charge on any atom is 0.295 e. The van der Waals surface area contributed by atoms with E-state index in [1.165, 1.54) is 31.4 Å². The lowest BCUT2D eigenvalue weighted by molar-refractivity contribution is 0.0987. The quantitative estimate of drug-likeness (QED) is 0.0759. The monoisotopic (exact) mass is 858 g/mol. The van der Waals surface area contributed by atoms with Crippen LogP contribution in [0.1, 0.15) is 72.9 Å². The molecule has 2 aromatic carbocycles. The van der Waals surface area contributed by atoms with Gasteiger partial charge in [0.1, 0.15) is 34.8 Å². The number of rotatable bonds is 18. The van der Waals surface area contributed by atoms with E-state index in [0.717, 1.165) is 0 Å². The first-order chi connectivity index (χ1) is 30.3. The molecular formula is C42H46N14O7. The number of nitrogens with two attached hydrogens (primary N) is 3. The minimum absolute atomic E-state index is 0.0367. The normalized spacial score (nSPS) is 11.6. The van der Waals surface area contributed by atoms with E-state index < -0.39 is 23.6 Å². The van der Waals surface area contributed by atoms with E-state index in [4.69, 9.17) is 36.1 Å². The molecule has 0 aliphatic rings. The number of hydrogen-bond donors (Lipinski definition) is 5. The van der Waals surface area contributed by atoms with Crippen LogP contribution in [0.15, 0.2) is 71.4 Å². The number of fused-ring (bicyclic) bond motifs is 2. The molecule has 5 aromatic heterocycles. The van der Waals surface area contributed by atoms with Gasteiger partial charge in [-0.2, -0.15) is 10.2 Å². The molecule has 4 amide bonds. The van der Waals surface area contributed by atoms with Gasteiger partial charge < -0.3 is 40.2 Å². The van der Waals surface area contributed by atoms with Crippen molar-refractivity contribution in [3.63, 3.8) is 0 Å². The predicted molar refractivity (Wildman–Crippen MR) is 233 cm³/mol. The summed E-state index contributed by atoms with van der Waals surface area (Å²) in [6.45, 7) is 8.42. The van der Waals surface area contributed by atoms with Crippen LogP contribution < -0.4 is 37.3 Å². The fraction of sp³-hybridized carbons (Fsp3) is 0.262. The molecule has 7 aromatic rings. The van der Waals surface area contributed by atoms with Crippen molar-refractivity contribution in [3.8, 4) is 11.5 Å². The van der Waals surface area contributed by atoms with Crippen LogP contribution >= 0.6 is 0 Å². The van der Waals surface area contributed by atoms with E-state index in [1.54, 1.807) is 56.9 Å². The summed E-state index contributed by atoms with van der Waals surface area (Å²) in [4.78, 5) is 65.9. The maximum absolute atomic E-state index is 13.7. The first-order valence-electron chi connectivity index (χ1n) is 19.8. The van der Waals surface area contributed by atoms with Crippen molar-refractivity contribution in [2.45, 2.75) is 60.3 Å². The number of nitrogen functional groups attached to an aromatic ring is 1. The first kappa shape index (κ1) is 42.9. The van der Waals surface area contributed by atoms with Crippen LogP contribution in [0.5, 0.6) is 11.5 Å². The molecular weight excluding hydrogens is 813 g/mol. The molecule has 8 N–H and O–H groups in total. The number of allylic oxidation sites excluding steroid dienone is 3. The number of methoxy groups -OCH3 is 1. The Bertz CT molecular complexity index is 2950. The molecule has 0 radical (unpaired) electrons. The highest BCUT2D eigenvalue weighted by molar-refractivity contribution is 6.05. The van der Waals surface area contributed by atoms with Gasteiger partial charge in [-0.1, -0.05) is 25.2 Å². The van der Waals surface area contributed by atoms with Gasteiger partial charge in [0.05, 0.1) is 48.0 Å². The highest BCUT2D eigenvalue weighted by Gasteiger charge is 2.24. The van der Waals surface area contributed by atoms with Gasteiger partial charge in [-0.05, 0) is 56.7 Å². The summed E-state index contributed by atoms with van der Waals surface area (Å²) in [5.41, 5.74) is 21.1. The fourth-order valence-electron chi connectivity index (χ4n) is 6.96. The zero-order valence-corrected chi connectivity index (χ0v) is 35.2. The lowest BCUT2D eigenvalue weighted by Gasteiger charge is -2.12. The van der Waals surface area contributed by atoms with Crippen LogP contribution in [0, 0.1) is 13.8 Å². The Morgan fingerprint density at radius 1 is 0.794 bits per heavy atom. The molecule has 0 aliphatic carbocycles. The van der Waals surface area contributed by atoms with E-state index in [1.807, 2.05) is 32.1 Å². The van der Waals surface area contributed by atoms with Gasteiger partial charge in [0.25, 0.3) is 11.8 Å². The Labute approximate surface area is 359 Å². The van der Waals surface area contributed by atoms with Crippen LogP contribution in [-0.2, 0) is 32.6 Å². The van der Waals surface area contributed by atoms with E-state index in [9.17, 15) is 19.2 Å².